The Morgan fingerprint density at radius 3 is 1.43 bits per heavy atom. The van der Waals surface area contributed by atoms with E-state index >= 15 is 0 Å². The van der Waals surface area contributed by atoms with Crippen molar-refractivity contribution in [2.24, 2.45) is 0 Å². The van der Waals surface area contributed by atoms with Gasteiger partial charge in [0.1, 0.15) is 11.3 Å². The summed E-state index contributed by atoms with van der Waals surface area (Å²) >= 11 is 0. The minimum atomic E-state index is -0.724. The van der Waals surface area contributed by atoms with Gasteiger partial charge in [-0.3, -0.25) is 4.79 Å². The lowest BCUT2D eigenvalue weighted by molar-refractivity contribution is -0.177. The van der Waals surface area contributed by atoms with Gasteiger partial charge in [-0.25, -0.2) is 0 Å². The molecule has 0 unspecified atom stereocenters. The molecule has 0 bridgehead atoms. The Hall–Kier alpha value is -0.610. The van der Waals surface area contributed by atoms with Gasteiger partial charge >= 0.3 is 0 Å². The van der Waals surface area contributed by atoms with Gasteiger partial charge in [0.05, 0.1) is 0 Å². The fraction of sp³-hybridized carbons (Fsp3) is 0.968. The van der Waals surface area contributed by atoms with Crippen LogP contribution in [-0.4, -0.2) is 39.8 Å². The van der Waals surface area contributed by atoms with E-state index in [1.807, 2.05) is 13.8 Å². The third-order valence-electron chi connectivity index (χ3n) is 8.05. The molecule has 1 amide bonds. The SMILES string of the molecule is CCCCCCCCCCCCCCCCCCN1C(=O)C(C)(C)OC12CC(C)(C)NC(C)(C)C2. The molecular formula is C31H60N2O2. The lowest BCUT2D eigenvalue weighted by atomic mass is 9.76. The number of carbonyl (C=O) groups excluding carboxylic acids is 1. The van der Waals surface area contributed by atoms with Crippen molar-refractivity contribution in [3.8, 4) is 0 Å². The van der Waals surface area contributed by atoms with Gasteiger partial charge < -0.3 is 15.0 Å². The van der Waals surface area contributed by atoms with Gasteiger partial charge in [0, 0.05) is 30.5 Å². The second-order valence-electron chi connectivity index (χ2n) is 13.6. The van der Waals surface area contributed by atoms with Gasteiger partial charge in [0.2, 0.25) is 0 Å². The van der Waals surface area contributed by atoms with Crippen molar-refractivity contribution in [1.29, 1.82) is 0 Å². The number of unbranched alkanes of at least 4 members (excludes halogenated alkanes) is 15. The van der Waals surface area contributed by atoms with E-state index in [1.54, 1.807) is 0 Å². The van der Waals surface area contributed by atoms with Gasteiger partial charge in [0.25, 0.3) is 5.91 Å². The number of piperidine rings is 1. The molecule has 0 aromatic rings. The van der Waals surface area contributed by atoms with E-state index in [0.29, 0.717) is 0 Å². The van der Waals surface area contributed by atoms with Crippen molar-refractivity contribution in [2.45, 2.75) is 186 Å². The molecule has 206 valence electrons. The summed E-state index contributed by atoms with van der Waals surface area (Å²) in [5.74, 6) is 0.173. The van der Waals surface area contributed by atoms with E-state index in [9.17, 15) is 4.79 Å². The Kier molecular flexibility index (Phi) is 12.1. The quantitative estimate of drug-likeness (QED) is 0.207. The van der Waals surface area contributed by atoms with Gasteiger partial charge in [-0.15, -0.1) is 0 Å². The fourth-order valence-corrected chi connectivity index (χ4v) is 6.92. The van der Waals surface area contributed by atoms with E-state index in [0.717, 1.165) is 25.8 Å². The van der Waals surface area contributed by atoms with Gasteiger partial charge in [-0.05, 0) is 48.0 Å². The van der Waals surface area contributed by atoms with E-state index in [2.05, 4.69) is 44.8 Å². The van der Waals surface area contributed by atoms with Gasteiger partial charge in [-0.1, -0.05) is 103 Å². The number of hydrogen-bond acceptors (Lipinski definition) is 3. The molecular weight excluding hydrogens is 432 g/mol. The third-order valence-corrected chi connectivity index (χ3v) is 8.05. The number of nitrogens with one attached hydrogen (secondary N) is 1. The molecule has 0 aromatic carbocycles. The van der Waals surface area contributed by atoms with Crippen molar-refractivity contribution >= 4 is 5.91 Å². The minimum absolute atomic E-state index is 0.0602. The van der Waals surface area contributed by atoms with Crippen LogP contribution >= 0.6 is 0 Å². The normalized spacial score (nSPS) is 22.3. The lowest BCUT2D eigenvalue weighted by Gasteiger charge is -2.53. The molecule has 1 N–H and O–H groups in total. The van der Waals surface area contributed by atoms with Crippen LogP contribution in [-0.2, 0) is 9.53 Å². The minimum Gasteiger partial charge on any atom is -0.340 e. The summed E-state index contributed by atoms with van der Waals surface area (Å²) < 4.78 is 6.59. The fourth-order valence-electron chi connectivity index (χ4n) is 6.92. The van der Waals surface area contributed by atoms with Crippen LogP contribution < -0.4 is 5.32 Å². The molecule has 4 heteroatoms. The van der Waals surface area contributed by atoms with Crippen LogP contribution in [0.15, 0.2) is 0 Å². The van der Waals surface area contributed by atoms with Crippen LogP contribution in [0.3, 0.4) is 0 Å². The summed E-state index contributed by atoms with van der Waals surface area (Å²) in [6, 6.07) is 0. The number of hydrogen-bond donors (Lipinski definition) is 1. The first kappa shape index (κ1) is 30.6. The summed E-state index contributed by atoms with van der Waals surface area (Å²) in [7, 11) is 0. The van der Waals surface area contributed by atoms with Crippen LogP contribution in [0.25, 0.3) is 0 Å². The molecule has 1 spiro atoms. The van der Waals surface area contributed by atoms with Crippen LogP contribution in [0, 0.1) is 0 Å². The van der Waals surface area contributed by atoms with E-state index < -0.39 is 11.3 Å². The average molecular weight is 493 g/mol. The highest BCUT2D eigenvalue weighted by atomic mass is 16.6. The maximum atomic E-state index is 13.3. The first-order valence-electron chi connectivity index (χ1n) is 15.2. The molecule has 2 aliphatic heterocycles. The Morgan fingerprint density at radius 2 is 1.03 bits per heavy atom. The number of nitrogens with zero attached hydrogens (tertiary/aromatic N) is 1. The number of rotatable bonds is 17. The first-order chi connectivity index (χ1) is 16.4. The number of amides is 1. The van der Waals surface area contributed by atoms with Crippen LogP contribution in [0.2, 0.25) is 0 Å². The topological polar surface area (TPSA) is 41.6 Å². The zero-order valence-corrected chi connectivity index (χ0v) is 24.7. The molecule has 2 heterocycles. The molecule has 2 aliphatic rings. The number of ether oxygens (including phenoxy) is 1. The predicted octanol–water partition coefficient (Wildman–Crippen LogP) is 8.52. The van der Waals surface area contributed by atoms with Crippen LogP contribution in [0.1, 0.15) is 164 Å². The Bertz CT molecular complexity index is 609. The number of carbonyl (C=O) groups is 1. The maximum absolute atomic E-state index is 13.3. The molecule has 2 saturated heterocycles. The molecule has 0 aliphatic carbocycles. The van der Waals surface area contributed by atoms with Crippen LogP contribution in [0.4, 0.5) is 0 Å². The summed E-state index contributed by atoms with van der Waals surface area (Å²) in [6.07, 6.45) is 23.6. The van der Waals surface area contributed by atoms with E-state index in [4.69, 9.17) is 4.74 Å². The van der Waals surface area contributed by atoms with E-state index in [-0.39, 0.29) is 17.0 Å². The van der Waals surface area contributed by atoms with Crippen molar-refractivity contribution in [3.05, 3.63) is 0 Å². The van der Waals surface area contributed by atoms with Crippen molar-refractivity contribution in [3.63, 3.8) is 0 Å². The Balaban J connectivity index is 1.60. The monoisotopic (exact) mass is 492 g/mol. The molecule has 2 fully saturated rings. The summed E-state index contributed by atoms with van der Waals surface area (Å²) in [6.45, 7) is 16.0. The van der Waals surface area contributed by atoms with E-state index in [1.165, 1.54) is 96.3 Å². The smallest absolute Gasteiger partial charge is 0.256 e. The molecule has 0 radical (unpaired) electrons. The van der Waals surface area contributed by atoms with Crippen molar-refractivity contribution in [2.75, 3.05) is 6.54 Å². The molecule has 0 aromatic heterocycles. The lowest BCUT2D eigenvalue weighted by Crippen LogP contribution is -2.67. The molecule has 4 nitrogen and oxygen atoms in total. The highest BCUT2D eigenvalue weighted by molar-refractivity contribution is 5.87. The summed E-state index contributed by atoms with van der Waals surface area (Å²) in [5.41, 5.74) is -1.32. The molecule has 35 heavy (non-hydrogen) atoms. The van der Waals surface area contributed by atoms with Crippen molar-refractivity contribution in [1.82, 2.24) is 10.2 Å². The highest BCUT2D eigenvalue weighted by Gasteiger charge is 2.61. The van der Waals surface area contributed by atoms with Gasteiger partial charge in [-0.2, -0.15) is 0 Å². The average Bonchev–Trinajstić information content (AvgIpc) is 2.89. The second-order valence-corrected chi connectivity index (χ2v) is 13.6. The first-order valence-corrected chi connectivity index (χ1v) is 15.2. The molecule has 0 atom stereocenters. The van der Waals surface area contributed by atoms with Gasteiger partial charge in [0.15, 0.2) is 0 Å². The maximum Gasteiger partial charge on any atom is 0.256 e. The third kappa shape index (κ3) is 9.99. The van der Waals surface area contributed by atoms with Crippen LogP contribution in [0.5, 0.6) is 0 Å². The Morgan fingerprint density at radius 1 is 0.657 bits per heavy atom. The largest absolute Gasteiger partial charge is 0.340 e. The summed E-state index contributed by atoms with van der Waals surface area (Å²) in [5, 5.41) is 3.75. The molecule has 2 rings (SSSR count). The standard InChI is InChI=1S/C31H60N2O2/c1-8-9-10-11-12-13-14-15-16-17-18-19-20-21-22-23-24-33-27(34)30(6,7)35-31(33)25-28(2,3)32-29(4,5)26-31/h32H,8-26H2,1-7H3. The Labute approximate surface area is 218 Å². The zero-order chi connectivity index (χ0) is 26.0. The van der Waals surface area contributed by atoms with Crippen molar-refractivity contribution < 1.29 is 9.53 Å². The highest BCUT2D eigenvalue weighted by Crippen LogP contribution is 2.48. The summed E-state index contributed by atoms with van der Waals surface area (Å²) in [4.78, 5) is 15.4. The molecule has 0 saturated carbocycles. The zero-order valence-electron chi connectivity index (χ0n) is 24.7. The second kappa shape index (κ2) is 13.8. The predicted molar refractivity (Wildman–Crippen MR) is 150 cm³/mol.